The van der Waals surface area contributed by atoms with Crippen LogP contribution in [0.15, 0.2) is 90.3 Å². The first-order chi connectivity index (χ1) is 15.3. The van der Waals surface area contributed by atoms with Gasteiger partial charge in [0.15, 0.2) is 0 Å². The second kappa shape index (κ2) is 9.88. The number of benzene rings is 3. The average molecular weight is 454 g/mol. The first-order valence-corrected chi connectivity index (χ1v) is 11.0. The van der Waals surface area contributed by atoms with Gasteiger partial charge in [0.2, 0.25) is 0 Å². The fourth-order valence-corrected chi connectivity index (χ4v) is 4.34. The van der Waals surface area contributed by atoms with Gasteiger partial charge in [-0.1, -0.05) is 36.9 Å². The Balaban J connectivity index is 1.81. The zero-order valence-corrected chi connectivity index (χ0v) is 18.2. The maximum Gasteiger partial charge on any atom is 0.264 e. The summed E-state index contributed by atoms with van der Waals surface area (Å²) >= 11 is 0. The summed E-state index contributed by atoms with van der Waals surface area (Å²) in [7, 11) is -2.52. The molecule has 0 atom stereocenters. The van der Waals surface area contributed by atoms with Gasteiger partial charge < -0.3 is 9.84 Å². The maximum absolute atomic E-state index is 13.3. The second-order valence-corrected chi connectivity index (χ2v) is 8.55. The van der Waals surface area contributed by atoms with Crippen molar-refractivity contribution in [1.82, 2.24) is 10.9 Å². The number of carbonyl (C=O) groups excluding carboxylic acids is 1. The molecule has 3 rings (SSSR count). The van der Waals surface area contributed by atoms with Gasteiger partial charge in [-0.15, -0.1) is 0 Å². The van der Waals surface area contributed by atoms with E-state index in [1.165, 1.54) is 25.3 Å². The van der Waals surface area contributed by atoms with Crippen LogP contribution in [0.2, 0.25) is 0 Å². The third kappa shape index (κ3) is 5.19. The molecule has 0 aliphatic carbocycles. The molecule has 3 aromatic rings. The maximum atomic E-state index is 13.3. The number of methoxy groups -OCH3 is 1. The van der Waals surface area contributed by atoms with E-state index in [9.17, 15) is 18.3 Å². The molecule has 0 bridgehead atoms. The second-order valence-electron chi connectivity index (χ2n) is 6.69. The SMILES string of the molecule is C=C(NNC(=O)CN(c1ccc(OC)cc1)S(=O)(=O)c1ccccc1)c1ccccc1O. The Hall–Kier alpha value is -3.98. The number of hydrazine groups is 1. The van der Waals surface area contributed by atoms with Gasteiger partial charge in [0, 0.05) is 5.56 Å². The lowest BCUT2D eigenvalue weighted by atomic mass is 10.1. The minimum atomic E-state index is -4.02. The molecule has 0 radical (unpaired) electrons. The number of nitrogens with zero attached hydrogens (tertiary/aromatic N) is 1. The first-order valence-electron chi connectivity index (χ1n) is 9.57. The van der Waals surface area contributed by atoms with Crippen LogP contribution in [0.4, 0.5) is 5.69 Å². The van der Waals surface area contributed by atoms with Gasteiger partial charge >= 0.3 is 0 Å². The number of nitrogens with one attached hydrogen (secondary N) is 2. The standard InChI is InChI=1S/C23H23N3O5S/c1-17(21-10-6-7-11-22(21)27)24-25-23(28)16-26(18-12-14-19(31-2)15-13-18)32(29,30)20-8-4-3-5-9-20/h3-15,24,27H,1,16H2,2H3,(H,25,28). The van der Waals surface area contributed by atoms with E-state index in [2.05, 4.69) is 17.4 Å². The smallest absolute Gasteiger partial charge is 0.264 e. The van der Waals surface area contributed by atoms with Gasteiger partial charge in [-0.25, -0.2) is 8.42 Å². The lowest BCUT2D eigenvalue weighted by Gasteiger charge is -2.24. The average Bonchev–Trinajstić information content (AvgIpc) is 2.82. The highest BCUT2D eigenvalue weighted by molar-refractivity contribution is 7.92. The summed E-state index contributed by atoms with van der Waals surface area (Å²) in [6, 6.07) is 20.7. The summed E-state index contributed by atoms with van der Waals surface area (Å²) < 4.78 is 32.7. The number of aromatic hydroxyl groups is 1. The van der Waals surface area contributed by atoms with E-state index in [1.807, 2.05) is 0 Å². The molecule has 0 saturated heterocycles. The Labute approximate surface area is 186 Å². The monoisotopic (exact) mass is 453 g/mol. The molecule has 3 aromatic carbocycles. The van der Waals surface area contributed by atoms with E-state index >= 15 is 0 Å². The molecule has 32 heavy (non-hydrogen) atoms. The molecular formula is C23H23N3O5S. The Morgan fingerprint density at radius 3 is 2.22 bits per heavy atom. The molecule has 0 spiro atoms. The predicted molar refractivity (Wildman–Crippen MR) is 122 cm³/mol. The number of phenolic OH excluding ortho intramolecular Hbond substituents is 1. The summed E-state index contributed by atoms with van der Waals surface area (Å²) in [5, 5.41) is 9.90. The first kappa shape index (κ1) is 22.7. The number of anilines is 1. The number of hydrogen-bond acceptors (Lipinski definition) is 6. The zero-order chi connectivity index (χ0) is 23.1. The molecule has 0 heterocycles. The van der Waals surface area contributed by atoms with E-state index in [1.54, 1.807) is 60.7 Å². The number of para-hydroxylation sites is 1. The number of amides is 1. The molecule has 0 fully saturated rings. The van der Waals surface area contributed by atoms with Crippen molar-refractivity contribution in [2.45, 2.75) is 4.90 Å². The Morgan fingerprint density at radius 2 is 1.59 bits per heavy atom. The van der Waals surface area contributed by atoms with E-state index in [4.69, 9.17) is 4.74 Å². The minimum Gasteiger partial charge on any atom is -0.507 e. The summed E-state index contributed by atoms with van der Waals surface area (Å²) in [4.78, 5) is 12.7. The van der Waals surface area contributed by atoms with Crippen LogP contribution in [0.5, 0.6) is 11.5 Å². The normalized spacial score (nSPS) is 10.8. The van der Waals surface area contributed by atoms with Gasteiger partial charge in [-0.3, -0.25) is 20.0 Å². The quantitative estimate of drug-likeness (QED) is 0.430. The van der Waals surface area contributed by atoms with Crippen molar-refractivity contribution < 1.29 is 23.1 Å². The van der Waals surface area contributed by atoms with Crippen molar-refractivity contribution in [2.24, 2.45) is 0 Å². The van der Waals surface area contributed by atoms with E-state index in [0.717, 1.165) is 4.31 Å². The van der Waals surface area contributed by atoms with Crippen LogP contribution in [0.3, 0.4) is 0 Å². The van der Waals surface area contributed by atoms with Gasteiger partial charge in [0.1, 0.15) is 18.0 Å². The number of rotatable bonds is 9. The van der Waals surface area contributed by atoms with Crippen LogP contribution in [0, 0.1) is 0 Å². The highest BCUT2D eigenvalue weighted by Gasteiger charge is 2.27. The molecule has 0 unspecified atom stereocenters. The van der Waals surface area contributed by atoms with Crippen LogP contribution in [-0.2, 0) is 14.8 Å². The highest BCUT2D eigenvalue weighted by Crippen LogP contribution is 2.26. The van der Waals surface area contributed by atoms with Crippen molar-refractivity contribution in [2.75, 3.05) is 18.0 Å². The fourth-order valence-electron chi connectivity index (χ4n) is 2.89. The number of hydrogen-bond donors (Lipinski definition) is 3. The number of ether oxygens (including phenoxy) is 1. The Morgan fingerprint density at radius 1 is 0.969 bits per heavy atom. The van der Waals surface area contributed by atoms with E-state index < -0.39 is 22.5 Å². The third-order valence-corrected chi connectivity index (χ3v) is 6.35. The molecule has 0 aromatic heterocycles. The molecular weight excluding hydrogens is 430 g/mol. The lowest BCUT2D eigenvalue weighted by molar-refractivity contribution is -0.120. The van der Waals surface area contributed by atoms with Crippen molar-refractivity contribution in [3.63, 3.8) is 0 Å². The summed E-state index contributed by atoms with van der Waals surface area (Å²) in [5.74, 6) is -0.0847. The van der Waals surface area contributed by atoms with Gasteiger partial charge in [0.05, 0.1) is 23.4 Å². The molecule has 1 amide bonds. The lowest BCUT2D eigenvalue weighted by Crippen LogP contribution is -2.45. The van der Waals surface area contributed by atoms with Gasteiger partial charge in [-0.05, 0) is 48.5 Å². The van der Waals surface area contributed by atoms with E-state index in [0.29, 0.717) is 17.0 Å². The minimum absolute atomic E-state index is 0.00855. The number of phenols is 1. The highest BCUT2D eigenvalue weighted by atomic mass is 32.2. The van der Waals surface area contributed by atoms with Crippen molar-refractivity contribution in [3.05, 3.63) is 91.0 Å². The summed E-state index contributed by atoms with van der Waals surface area (Å²) in [6.07, 6.45) is 0. The summed E-state index contributed by atoms with van der Waals surface area (Å²) in [5.41, 5.74) is 5.98. The third-order valence-electron chi connectivity index (χ3n) is 4.56. The van der Waals surface area contributed by atoms with Crippen LogP contribution in [0.25, 0.3) is 5.70 Å². The molecule has 8 nitrogen and oxygen atoms in total. The largest absolute Gasteiger partial charge is 0.507 e. The van der Waals surface area contributed by atoms with Gasteiger partial charge in [-0.2, -0.15) is 0 Å². The molecule has 3 N–H and O–H groups in total. The van der Waals surface area contributed by atoms with Crippen LogP contribution >= 0.6 is 0 Å². The van der Waals surface area contributed by atoms with E-state index in [-0.39, 0.29) is 16.3 Å². The summed E-state index contributed by atoms with van der Waals surface area (Å²) in [6.45, 7) is 3.28. The molecule has 0 aliphatic rings. The molecule has 166 valence electrons. The Bertz CT molecular complexity index is 1200. The topological polar surface area (TPSA) is 108 Å². The molecule has 0 aliphatic heterocycles. The number of carbonyl (C=O) groups is 1. The van der Waals surface area contributed by atoms with Crippen molar-refractivity contribution in [1.29, 1.82) is 0 Å². The van der Waals surface area contributed by atoms with Crippen LogP contribution in [-0.4, -0.2) is 33.1 Å². The van der Waals surface area contributed by atoms with Crippen molar-refractivity contribution in [3.8, 4) is 11.5 Å². The van der Waals surface area contributed by atoms with Crippen LogP contribution < -0.4 is 19.9 Å². The van der Waals surface area contributed by atoms with Crippen molar-refractivity contribution >= 4 is 27.3 Å². The fraction of sp³-hybridized carbons (Fsp3) is 0.0870. The van der Waals surface area contributed by atoms with Crippen LogP contribution in [0.1, 0.15) is 5.56 Å². The zero-order valence-electron chi connectivity index (χ0n) is 17.4. The number of sulfonamides is 1. The Kier molecular flexibility index (Phi) is 7.01. The molecule has 9 heteroatoms. The van der Waals surface area contributed by atoms with Gasteiger partial charge in [0.25, 0.3) is 15.9 Å². The molecule has 0 saturated carbocycles. The predicted octanol–water partition coefficient (Wildman–Crippen LogP) is 2.89.